The van der Waals surface area contributed by atoms with Gasteiger partial charge in [0.25, 0.3) is 0 Å². The first kappa shape index (κ1) is 35.3. The number of fused-ring (bicyclic) bond motifs is 8. The molecule has 1 heterocycles. The third-order valence-electron chi connectivity index (χ3n) is 13.2. The summed E-state index contributed by atoms with van der Waals surface area (Å²) in [6.45, 7) is 4.78. The van der Waals surface area contributed by atoms with Gasteiger partial charge in [0.05, 0.1) is 11.0 Å². The van der Waals surface area contributed by atoms with E-state index in [1.165, 1.54) is 93.5 Å². The minimum atomic E-state index is -0.230. The van der Waals surface area contributed by atoms with Crippen molar-refractivity contribution in [2.75, 3.05) is 4.90 Å². The Morgan fingerprint density at radius 3 is 1.69 bits per heavy atom. The molecule has 0 radical (unpaired) electrons. The van der Waals surface area contributed by atoms with Crippen LogP contribution in [0.15, 0.2) is 218 Å². The van der Waals surface area contributed by atoms with Gasteiger partial charge in [-0.3, -0.25) is 0 Å². The molecule has 2 nitrogen and oxygen atoms in total. The maximum Gasteiger partial charge on any atom is 0.0541 e. The summed E-state index contributed by atoms with van der Waals surface area (Å²) in [5.41, 5.74) is 16.9. The zero-order valence-electron chi connectivity index (χ0n) is 34.2. The molecule has 10 aromatic carbocycles. The van der Waals surface area contributed by atoms with Crippen molar-refractivity contribution in [2.45, 2.75) is 19.3 Å². The van der Waals surface area contributed by atoms with E-state index in [0.717, 1.165) is 17.1 Å². The molecule has 12 rings (SSSR count). The minimum Gasteiger partial charge on any atom is -0.310 e. The summed E-state index contributed by atoms with van der Waals surface area (Å²) in [6, 6.07) is 80.5. The predicted molar refractivity (Wildman–Crippen MR) is 259 cm³/mol. The van der Waals surface area contributed by atoms with E-state index in [4.69, 9.17) is 0 Å². The lowest BCUT2D eigenvalue weighted by molar-refractivity contribution is 0.660. The van der Waals surface area contributed by atoms with Gasteiger partial charge in [0.2, 0.25) is 0 Å². The largest absolute Gasteiger partial charge is 0.310 e. The Labute approximate surface area is 356 Å². The molecule has 1 aliphatic rings. The van der Waals surface area contributed by atoms with Crippen LogP contribution in [0.3, 0.4) is 0 Å². The molecular formula is C59H42N2. The lowest BCUT2D eigenvalue weighted by Gasteiger charge is -2.29. The zero-order chi connectivity index (χ0) is 40.7. The van der Waals surface area contributed by atoms with E-state index < -0.39 is 0 Å². The van der Waals surface area contributed by atoms with Crippen LogP contribution in [0, 0.1) is 0 Å². The van der Waals surface area contributed by atoms with Crippen molar-refractivity contribution in [3.8, 4) is 39.1 Å². The normalized spacial score (nSPS) is 12.9. The van der Waals surface area contributed by atoms with Crippen molar-refractivity contribution in [1.82, 2.24) is 4.57 Å². The first-order chi connectivity index (χ1) is 30.0. The second-order valence-corrected chi connectivity index (χ2v) is 17.0. The fourth-order valence-corrected chi connectivity index (χ4v) is 10.1. The van der Waals surface area contributed by atoms with E-state index in [-0.39, 0.29) is 5.41 Å². The summed E-state index contributed by atoms with van der Waals surface area (Å²) in [4.78, 5) is 2.43. The van der Waals surface area contributed by atoms with Crippen LogP contribution in [0.4, 0.5) is 17.1 Å². The lowest BCUT2D eigenvalue weighted by Crippen LogP contribution is -2.17. The summed E-state index contributed by atoms with van der Waals surface area (Å²) in [7, 11) is 0. The number of anilines is 3. The van der Waals surface area contributed by atoms with Gasteiger partial charge < -0.3 is 9.47 Å². The highest BCUT2D eigenvalue weighted by molar-refractivity contribution is 6.09. The molecule has 288 valence electrons. The molecule has 61 heavy (non-hydrogen) atoms. The Balaban J connectivity index is 0.985. The summed E-state index contributed by atoms with van der Waals surface area (Å²) >= 11 is 0. The molecule has 0 aliphatic heterocycles. The Bertz CT molecular complexity index is 3450. The molecule has 0 saturated heterocycles. The smallest absolute Gasteiger partial charge is 0.0541 e. The number of aromatic nitrogens is 1. The lowest BCUT2D eigenvalue weighted by atomic mass is 9.82. The summed E-state index contributed by atoms with van der Waals surface area (Å²) in [5, 5.41) is 7.56. The van der Waals surface area contributed by atoms with Gasteiger partial charge in [-0.15, -0.1) is 0 Å². The molecule has 0 amide bonds. The monoisotopic (exact) mass is 778 g/mol. The topological polar surface area (TPSA) is 8.17 Å². The quantitative estimate of drug-likeness (QED) is 0.163. The highest BCUT2D eigenvalue weighted by Gasteiger charge is 2.36. The highest BCUT2D eigenvalue weighted by atomic mass is 15.1. The Morgan fingerprint density at radius 1 is 0.344 bits per heavy atom. The van der Waals surface area contributed by atoms with Crippen molar-refractivity contribution >= 4 is 60.4 Å². The number of benzene rings is 10. The van der Waals surface area contributed by atoms with Gasteiger partial charge in [-0.25, -0.2) is 0 Å². The minimum absolute atomic E-state index is 0.230. The molecule has 2 heteroatoms. The van der Waals surface area contributed by atoms with Gasteiger partial charge >= 0.3 is 0 Å². The highest BCUT2D eigenvalue weighted by Crippen LogP contribution is 2.52. The standard InChI is InChI=1S/C59H42N2/c1-59(2)55-37-47(31-33-51(55)52-34-32-48(38-56(52)59)61-57-23-9-7-20-53(57)54-21-8-10-24-58(54)61)60(45-29-27-40(28-30-45)43-26-25-39-13-3-4-15-42(39)35-43)46-18-11-17-44(36-46)50-22-12-16-41-14-5-6-19-49(41)50/h3-38H,1-2H3. The molecule has 0 unspecified atom stereocenters. The third kappa shape index (κ3) is 5.64. The fraction of sp³-hybridized carbons (Fsp3) is 0.0508. The van der Waals surface area contributed by atoms with Crippen LogP contribution in [0.25, 0.3) is 82.4 Å². The van der Waals surface area contributed by atoms with Crippen molar-refractivity contribution in [1.29, 1.82) is 0 Å². The van der Waals surface area contributed by atoms with E-state index in [2.05, 4.69) is 242 Å². The van der Waals surface area contributed by atoms with Crippen molar-refractivity contribution in [2.24, 2.45) is 0 Å². The Morgan fingerprint density at radius 2 is 0.918 bits per heavy atom. The number of hydrogen-bond acceptors (Lipinski definition) is 1. The number of rotatable bonds is 6. The van der Waals surface area contributed by atoms with Crippen molar-refractivity contribution in [3.05, 3.63) is 230 Å². The third-order valence-corrected chi connectivity index (χ3v) is 13.2. The molecule has 11 aromatic rings. The van der Waals surface area contributed by atoms with Gasteiger partial charge in [0.1, 0.15) is 0 Å². The molecule has 1 aliphatic carbocycles. The molecule has 0 bridgehead atoms. The average molecular weight is 779 g/mol. The van der Waals surface area contributed by atoms with Crippen LogP contribution in [0.2, 0.25) is 0 Å². The molecule has 0 fully saturated rings. The first-order valence-electron chi connectivity index (χ1n) is 21.3. The summed E-state index contributed by atoms with van der Waals surface area (Å²) in [6.07, 6.45) is 0. The molecular weight excluding hydrogens is 737 g/mol. The van der Waals surface area contributed by atoms with Gasteiger partial charge in [-0.2, -0.15) is 0 Å². The van der Waals surface area contributed by atoms with E-state index in [1.807, 2.05) is 0 Å². The van der Waals surface area contributed by atoms with Crippen LogP contribution in [-0.2, 0) is 5.41 Å². The van der Waals surface area contributed by atoms with Crippen molar-refractivity contribution < 1.29 is 0 Å². The maximum atomic E-state index is 2.44. The zero-order valence-corrected chi connectivity index (χ0v) is 34.2. The predicted octanol–water partition coefficient (Wildman–Crippen LogP) is 16.2. The van der Waals surface area contributed by atoms with Crippen LogP contribution in [0.5, 0.6) is 0 Å². The van der Waals surface area contributed by atoms with Crippen LogP contribution < -0.4 is 4.90 Å². The summed E-state index contributed by atoms with van der Waals surface area (Å²) < 4.78 is 2.43. The molecule has 0 saturated carbocycles. The van der Waals surface area contributed by atoms with E-state index >= 15 is 0 Å². The molecule has 0 N–H and O–H groups in total. The van der Waals surface area contributed by atoms with Crippen LogP contribution in [-0.4, -0.2) is 4.57 Å². The van der Waals surface area contributed by atoms with Gasteiger partial charge in [-0.1, -0.05) is 166 Å². The number of nitrogens with zero attached hydrogens (tertiary/aromatic N) is 2. The Kier molecular flexibility index (Phi) is 7.92. The molecule has 0 spiro atoms. The maximum absolute atomic E-state index is 2.44. The second-order valence-electron chi connectivity index (χ2n) is 17.0. The van der Waals surface area contributed by atoms with E-state index in [9.17, 15) is 0 Å². The first-order valence-corrected chi connectivity index (χ1v) is 21.3. The van der Waals surface area contributed by atoms with Crippen LogP contribution >= 0.6 is 0 Å². The molecule has 0 atom stereocenters. The second kappa shape index (κ2) is 13.7. The van der Waals surface area contributed by atoms with Gasteiger partial charge in [0.15, 0.2) is 0 Å². The van der Waals surface area contributed by atoms with Gasteiger partial charge in [-0.05, 0) is 133 Å². The van der Waals surface area contributed by atoms with E-state index in [1.54, 1.807) is 0 Å². The average Bonchev–Trinajstić information content (AvgIpc) is 3.77. The molecule has 1 aromatic heterocycles. The fourth-order valence-electron chi connectivity index (χ4n) is 10.1. The van der Waals surface area contributed by atoms with Gasteiger partial charge in [0, 0.05) is 38.9 Å². The van der Waals surface area contributed by atoms with Crippen LogP contribution in [0.1, 0.15) is 25.0 Å². The summed E-state index contributed by atoms with van der Waals surface area (Å²) in [5.74, 6) is 0. The number of hydrogen-bond donors (Lipinski definition) is 0. The van der Waals surface area contributed by atoms with E-state index in [0.29, 0.717) is 0 Å². The SMILES string of the molecule is CC1(C)c2cc(N(c3ccc(-c4ccc5ccccc5c4)cc3)c3cccc(-c4cccc5ccccc45)c3)ccc2-c2ccc(-n3c4ccccc4c4ccccc43)cc21. The number of para-hydroxylation sites is 2. The van der Waals surface area contributed by atoms with Crippen molar-refractivity contribution in [3.63, 3.8) is 0 Å². The Hall–Kier alpha value is -7.68.